The number of carbonyl (C=O) groups is 1. The van der Waals surface area contributed by atoms with Crippen molar-refractivity contribution < 1.29 is 14.6 Å². The van der Waals surface area contributed by atoms with Crippen molar-refractivity contribution in [2.24, 2.45) is 0 Å². The lowest BCUT2D eigenvalue weighted by Crippen LogP contribution is -2.27. The van der Waals surface area contributed by atoms with E-state index < -0.39 is 11.4 Å². The fourth-order valence-electron chi connectivity index (χ4n) is 1.49. The zero-order chi connectivity index (χ0) is 15.4. The molecule has 0 aliphatic carbocycles. The Kier molecular flexibility index (Phi) is 3.97. The van der Waals surface area contributed by atoms with Crippen LogP contribution in [0.25, 0.3) is 0 Å². The highest BCUT2D eigenvalue weighted by molar-refractivity contribution is 5.84. The third kappa shape index (κ3) is 3.23. The second-order valence-corrected chi connectivity index (χ2v) is 3.99. The molecule has 110 valence electrons. The minimum Gasteiger partial charge on any atom is -0.492 e. The first-order valence-electron chi connectivity index (χ1n) is 5.72. The van der Waals surface area contributed by atoms with Crippen LogP contribution in [0.3, 0.4) is 0 Å². The topological polar surface area (TPSA) is 164 Å². The van der Waals surface area contributed by atoms with E-state index in [2.05, 4.69) is 19.9 Å². The van der Waals surface area contributed by atoms with E-state index in [1.807, 2.05) is 0 Å². The number of aromatic hydroxyl groups is 1. The molecule has 0 aromatic carbocycles. The number of carbonyl (C=O) groups excluding carboxylic acids is 1. The first-order valence-corrected chi connectivity index (χ1v) is 5.72. The number of hydrogen-bond donors (Lipinski definition) is 4. The molecule has 3 heterocycles. The van der Waals surface area contributed by atoms with Crippen LogP contribution in [-0.2, 0) is 11.2 Å². The molecule has 0 bridgehead atoms. The molecule has 5 N–H and O–H groups in total. The molecule has 21 heavy (non-hydrogen) atoms. The molecular formula is C11H11N5O5. The van der Waals surface area contributed by atoms with Gasteiger partial charge < -0.3 is 25.5 Å². The maximum Gasteiger partial charge on any atom is 0.277 e. The molecule has 2 aromatic rings. The Hall–Kier alpha value is -3.17. The van der Waals surface area contributed by atoms with Gasteiger partial charge in [-0.2, -0.15) is 0 Å². The van der Waals surface area contributed by atoms with Crippen molar-refractivity contribution in [3.8, 4) is 11.8 Å². The van der Waals surface area contributed by atoms with Crippen LogP contribution in [0.2, 0.25) is 0 Å². The van der Waals surface area contributed by atoms with E-state index >= 15 is 0 Å². The van der Waals surface area contributed by atoms with E-state index in [-0.39, 0.29) is 35.9 Å². The molecule has 10 heteroatoms. The van der Waals surface area contributed by atoms with Crippen LogP contribution in [0.5, 0.6) is 11.8 Å². The number of rotatable bonds is 0. The van der Waals surface area contributed by atoms with Gasteiger partial charge in [-0.3, -0.25) is 14.4 Å². The minimum atomic E-state index is -0.525. The highest BCUT2D eigenvalue weighted by Crippen LogP contribution is 2.14. The van der Waals surface area contributed by atoms with Gasteiger partial charge in [-0.1, -0.05) is 0 Å². The van der Waals surface area contributed by atoms with Gasteiger partial charge in [0.25, 0.3) is 11.1 Å². The summed E-state index contributed by atoms with van der Waals surface area (Å²) in [5.41, 5.74) is 4.28. The Morgan fingerprint density at radius 1 is 1.14 bits per heavy atom. The van der Waals surface area contributed by atoms with Gasteiger partial charge in [0.05, 0.1) is 18.2 Å². The minimum absolute atomic E-state index is 0.0173. The number of ether oxygens (including phenoxy) is 1. The summed E-state index contributed by atoms with van der Waals surface area (Å²) in [6.07, 6.45) is 2.46. The average molecular weight is 293 g/mol. The summed E-state index contributed by atoms with van der Waals surface area (Å²) < 4.78 is 4.94. The van der Waals surface area contributed by atoms with Crippen molar-refractivity contribution in [2.45, 2.75) is 6.42 Å². The molecule has 0 radical (unpaired) electrons. The molecule has 2 aromatic heterocycles. The first kappa shape index (κ1) is 14.2. The van der Waals surface area contributed by atoms with E-state index in [4.69, 9.17) is 15.6 Å². The Morgan fingerprint density at radius 2 is 1.81 bits per heavy atom. The normalized spacial score (nSPS) is 12.7. The summed E-state index contributed by atoms with van der Waals surface area (Å²) in [4.78, 5) is 44.1. The fraction of sp³-hybridized carbons (Fsp3) is 0.182. The van der Waals surface area contributed by atoms with Crippen LogP contribution in [0.15, 0.2) is 22.2 Å². The Labute approximate surface area is 116 Å². The standard InChI is InChI=1S/C7H6N2O3.C4H5N3O2/c10-4-1-5-6(11)8-3-9-7(5)12-2-4;5-2-3(8)6-1-7-4(2)9/h3H,1-2H2,(H,8,9,11);1H,5H2,(H2,6,7,8,9). The van der Waals surface area contributed by atoms with Gasteiger partial charge in [-0.05, 0) is 0 Å². The number of fused-ring (bicyclic) bond motifs is 1. The van der Waals surface area contributed by atoms with E-state index in [1.165, 1.54) is 6.33 Å². The predicted molar refractivity (Wildman–Crippen MR) is 70.0 cm³/mol. The smallest absolute Gasteiger partial charge is 0.277 e. The highest BCUT2D eigenvalue weighted by atomic mass is 16.5. The van der Waals surface area contributed by atoms with Gasteiger partial charge in [-0.25, -0.2) is 9.97 Å². The molecule has 0 amide bonds. The van der Waals surface area contributed by atoms with Crippen molar-refractivity contribution in [2.75, 3.05) is 12.3 Å². The number of ketones is 1. The number of nitrogens with two attached hydrogens (primary N) is 1. The molecule has 0 saturated carbocycles. The summed E-state index contributed by atoms with van der Waals surface area (Å²) in [5, 5.41) is 8.64. The number of Topliss-reactive ketones (excluding diaryl/α,β-unsaturated/α-hetero) is 1. The number of aromatic nitrogens is 4. The van der Waals surface area contributed by atoms with E-state index in [9.17, 15) is 14.4 Å². The van der Waals surface area contributed by atoms with Gasteiger partial charge >= 0.3 is 0 Å². The van der Waals surface area contributed by atoms with Crippen LogP contribution in [0.1, 0.15) is 5.56 Å². The molecule has 0 saturated heterocycles. The number of aromatic amines is 2. The van der Waals surface area contributed by atoms with E-state index in [1.54, 1.807) is 0 Å². The number of nitrogens with one attached hydrogen (secondary N) is 2. The third-order valence-corrected chi connectivity index (χ3v) is 2.52. The lowest BCUT2D eigenvalue weighted by Gasteiger charge is -2.12. The van der Waals surface area contributed by atoms with Crippen molar-refractivity contribution in [1.29, 1.82) is 0 Å². The van der Waals surface area contributed by atoms with Crippen molar-refractivity contribution in [3.05, 3.63) is 38.9 Å². The van der Waals surface area contributed by atoms with Crippen molar-refractivity contribution in [1.82, 2.24) is 19.9 Å². The molecule has 10 nitrogen and oxygen atoms in total. The molecule has 0 spiro atoms. The van der Waals surface area contributed by atoms with E-state index in [0.29, 0.717) is 5.56 Å². The zero-order valence-corrected chi connectivity index (χ0v) is 10.6. The largest absolute Gasteiger partial charge is 0.492 e. The van der Waals surface area contributed by atoms with Crippen LogP contribution in [0, 0.1) is 0 Å². The Balaban J connectivity index is 0.000000161. The number of hydrogen-bond acceptors (Lipinski definition) is 8. The average Bonchev–Trinajstić information content (AvgIpc) is 2.46. The monoisotopic (exact) mass is 293 g/mol. The summed E-state index contributed by atoms with van der Waals surface area (Å²) in [6, 6.07) is 0. The van der Waals surface area contributed by atoms with Crippen LogP contribution < -0.4 is 21.6 Å². The second-order valence-electron chi connectivity index (χ2n) is 3.99. The lowest BCUT2D eigenvalue weighted by molar-refractivity contribution is -0.121. The van der Waals surface area contributed by atoms with Gasteiger partial charge in [0.15, 0.2) is 11.5 Å². The molecule has 1 aliphatic heterocycles. The zero-order valence-electron chi connectivity index (χ0n) is 10.6. The fourth-order valence-corrected chi connectivity index (χ4v) is 1.49. The molecule has 0 fully saturated rings. The van der Waals surface area contributed by atoms with Crippen LogP contribution >= 0.6 is 0 Å². The van der Waals surface area contributed by atoms with E-state index in [0.717, 1.165) is 6.33 Å². The van der Waals surface area contributed by atoms with Crippen molar-refractivity contribution in [3.63, 3.8) is 0 Å². The predicted octanol–water partition coefficient (Wildman–Crippen LogP) is -1.67. The summed E-state index contributed by atoms with van der Waals surface area (Å²) in [5.74, 6) is -0.252. The van der Waals surface area contributed by atoms with Gasteiger partial charge in [0.2, 0.25) is 11.8 Å². The second kappa shape index (κ2) is 5.86. The highest BCUT2D eigenvalue weighted by Gasteiger charge is 2.20. The summed E-state index contributed by atoms with van der Waals surface area (Å²) >= 11 is 0. The molecule has 0 unspecified atom stereocenters. The maximum absolute atomic E-state index is 11.1. The number of anilines is 1. The maximum atomic E-state index is 11.1. The lowest BCUT2D eigenvalue weighted by atomic mass is 10.1. The van der Waals surface area contributed by atoms with Crippen LogP contribution in [-0.4, -0.2) is 37.4 Å². The van der Waals surface area contributed by atoms with Gasteiger partial charge in [0.1, 0.15) is 6.61 Å². The van der Waals surface area contributed by atoms with Gasteiger partial charge in [0, 0.05) is 6.42 Å². The molecule has 3 rings (SSSR count). The summed E-state index contributed by atoms with van der Waals surface area (Å²) in [7, 11) is 0. The van der Waals surface area contributed by atoms with Gasteiger partial charge in [-0.15, -0.1) is 0 Å². The molecule has 0 atom stereocenters. The van der Waals surface area contributed by atoms with Crippen LogP contribution in [0.4, 0.5) is 5.69 Å². The third-order valence-electron chi connectivity index (χ3n) is 2.52. The Bertz CT molecular complexity index is 781. The SMILES string of the molecule is Nc1c(O)nc[nH]c1=O.O=C1COc2nc[nH]c(=O)c2C1. The number of nitrogen functional groups attached to an aromatic ring is 1. The molecular weight excluding hydrogens is 282 g/mol. The quantitative estimate of drug-likeness (QED) is 0.447. The Morgan fingerprint density at radius 3 is 2.48 bits per heavy atom. The van der Waals surface area contributed by atoms with Crippen molar-refractivity contribution >= 4 is 11.5 Å². The number of nitrogens with zero attached hydrogens (tertiary/aromatic N) is 2. The molecule has 1 aliphatic rings. The first-order chi connectivity index (χ1) is 9.99. The summed E-state index contributed by atoms with van der Waals surface area (Å²) in [6.45, 7) is 0.0173. The number of H-pyrrole nitrogens is 2.